The summed E-state index contributed by atoms with van der Waals surface area (Å²) in [7, 11) is 0. The summed E-state index contributed by atoms with van der Waals surface area (Å²) in [6.07, 6.45) is 2.10. The first-order chi connectivity index (χ1) is 12.5. The van der Waals surface area contributed by atoms with Gasteiger partial charge in [-0.1, -0.05) is 42.0 Å². The molecule has 0 aliphatic heterocycles. The van der Waals surface area contributed by atoms with E-state index in [0.717, 1.165) is 5.56 Å². The molecule has 1 aromatic heterocycles. The van der Waals surface area contributed by atoms with Gasteiger partial charge in [-0.2, -0.15) is 0 Å². The number of carbonyl (C=O) groups excluding carboxylic acids is 1. The van der Waals surface area contributed by atoms with E-state index in [2.05, 4.69) is 4.98 Å². The van der Waals surface area contributed by atoms with E-state index in [1.165, 1.54) is 36.7 Å². The van der Waals surface area contributed by atoms with Gasteiger partial charge in [-0.25, -0.2) is 4.39 Å². The molecular formula is C21H16FNO2S. The first-order valence-corrected chi connectivity index (χ1v) is 8.43. The van der Waals surface area contributed by atoms with E-state index in [0.29, 0.717) is 16.7 Å². The minimum absolute atomic E-state index is 0.210. The molecule has 0 aliphatic rings. The van der Waals surface area contributed by atoms with Crippen LogP contribution in [0.1, 0.15) is 33.2 Å². The highest BCUT2D eigenvalue weighted by molar-refractivity contribution is 7.80. The van der Waals surface area contributed by atoms with E-state index in [9.17, 15) is 9.18 Å². The number of pyridine rings is 1. The van der Waals surface area contributed by atoms with Crippen molar-refractivity contribution in [2.24, 2.45) is 0 Å². The zero-order chi connectivity index (χ0) is 18.5. The second-order valence-electron chi connectivity index (χ2n) is 5.80. The van der Waals surface area contributed by atoms with Gasteiger partial charge in [0.05, 0.1) is 0 Å². The van der Waals surface area contributed by atoms with Crippen LogP contribution in [0.15, 0.2) is 73.1 Å². The van der Waals surface area contributed by atoms with Crippen molar-refractivity contribution in [1.29, 1.82) is 0 Å². The maximum absolute atomic E-state index is 13.3. The highest BCUT2D eigenvalue weighted by atomic mass is 32.1. The van der Waals surface area contributed by atoms with Gasteiger partial charge in [0.1, 0.15) is 5.82 Å². The third kappa shape index (κ3) is 4.18. The molecule has 0 aliphatic carbocycles. The van der Waals surface area contributed by atoms with Gasteiger partial charge in [0.25, 0.3) is 0 Å². The van der Waals surface area contributed by atoms with Gasteiger partial charge in [-0.15, -0.1) is 0 Å². The van der Waals surface area contributed by atoms with Crippen LogP contribution in [0.25, 0.3) is 0 Å². The highest BCUT2D eigenvalue weighted by Gasteiger charge is 2.25. The number of ether oxygens (including phenoxy) is 1. The normalized spacial score (nSPS) is 11.6. The summed E-state index contributed by atoms with van der Waals surface area (Å²) in [5.74, 6) is -0.654. The van der Waals surface area contributed by atoms with Gasteiger partial charge in [-0.3, -0.25) is 9.78 Å². The van der Waals surface area contributed by atoms with Crippen molar-refractivity contribution in [3.05, 3.63) is 101 Å². The van der Waals surface area contributed by atoms with Crippen molar-refractivity contribution in [1.82, 2.24) is 4.98 Å². The Morgan fingerprint density at radius 3 is 2.19 bits per heavy atom. The molecule has 1 unspecified atom stereocenters. The third-order valence-corrected chi connectivity index (χ3v) is 4.22. The number of hydrogen-bond acceptors (Lipinski definition) is 4. The molecule has 0 N–H and O–H groups in total. The SMILES string of the molecule is Cc1ccc(C(=S)OC(C(=O)c2ccncc2)c2ccc(F)cc2)cc1. The average Bonchev–Trinajstić information content (AvgIpc) is 2.67. The fourth-order valence-electron chi connectivity index (χ4n) is 2.44. The molecule has 26 heavy (non-hydrogen) atoms. The summed E-state index contributed by atoms with van der Waals surface area (Å²) in [4.78, 5) is 16.9. The van der Waals surface area contributed by atoms with Crippen molar-refractivity contribution in [3.63, 3.8) is 0 Å². The Bertz CT molecular complexity index is 909. The molecule has 0 fully saturated rings. The zero-order valence-electron chi connectivity index (χ0n) is 14.1. The second kappa shape index (κ2) is 7.97. The van der Waals surface area contributed by atoms with Gasteiger partial charge in [0.15, 0.2) is 11.2 Å². The van der Waals surface area contributed by atoms with Crippen molar-refractivity contribution in [2.75, 3.05) is 0 Å². The molecule has 0 spiro atoms. The van der Waals surface area contributed by atoms with Gasteiger partial charge in [0.2, 0.25) is 5.78 Å². The maximum atomic E-state index is 13.3. The fourth-order valence-corrected chi connectivity index (χ4v) is 2.68. The van der Waals surface area contributed by atoms with Gasteiger partial charge in [-0.05, 0) is 43.4 Å². The monoisotopic (exact) mass is 365 g/mol. The van der Waals surface area contributed by atoms with Crippen LogP contribution >= 0.6 is 12.2 Å². The molecule has 1 heterocycles. The van der Waals surface area contributed by atoms with Crippen LogP contribution in [0.4, 0.5) is 4.39 Å². The summed E-state index contributed by atoms with van der Waals surface area (Å²) in [6, 6.07) is 16.4. The van der Waals surface area contributed by atoms with E-state index in [4.69, 9.17) is 17.0 Å². The Morgan fingerprint density at radius 2 is 1.58 bits per heavy atom. The number of nitrogens with zero attached hydrogens (tertiary/aromatic N) is 1. The molecule has 0 saturated carbocycles. The predicted octanol–water partition coefficient (Wildman–Crippen LogP) is 4.85. The summed E-state index contributed by atoms with van der Waals surface area (Å²) in [6.45, 7) is 1.97. The van der Waals surface area contributed by atoms with E-state index in [-0.39, 0.29) is 16.7 Å². The predicted molar refractivity (Wildman–Crippen MR) is 102 cm³/mol. The Morgan fingerprint density at radius 1 is 0.962 bits per heavy atom. The fraction of sp³-hybridized carbons (Fsp3) is 0.0952. The van der Waals surface area contributed by atoms with E-state index < -0.39 is 6.10 Å². The third-order valence-electron chi connectivity index (χ3n) is 3.89. The van der Waals surface area contributed by atoms with Crippen LogP contribution in [0.5, 0.6) is 0 Å². The number of aryl methyl sites for hydroxylation is 1. The molecule has 0 radical (unpaired) electrons. The summed E-state index contributed by atoms with van der Waals surface area (Å²) in [5, 5.41) is 0.210. The molecule has 0 bridgehead atoms. The van der Waals surface area contributed by atoms with Crippen molar-refractivity contribution in [2.45, 2.75) is 13.0 Å². The standard InChI is InChI=1S/C21H16FNO2S/c1-14-2-4-17(5-3-14)21(26)25-20(16-6-8-18(22)9-7-16)19(24)15-10-12-23-13-11-15/h2-13,20H,1H3. The smallest absolute Gasteiger partial charge is 0.208 e. The first kappa shape index (κ1) is 17.9. The Kier molecular flexibility index (Phi) is 5.49. The quantitative estimate of drug-likeness (QED) is 0.479. The Labute approximate surface area is 156 Å². The molecule has 1 atom stereocenters. The molecule has 3 aromatic rings. The average molecular weight is 365 g/mol. The zero-order valence-corrected chi connectivity index (χ0v) is 14.9. The molecule has 130 valence electrons. The lowest BCUT2D eigenvalue weighted by molar-refractivity contribution is 0.0780. The lowest BCUT2D eigenvalue weighted by Crippen LogP contribution is -2.20. The van der Waals surface area contributed by atoms with Gasteiger partial charge in [0, 0.05) is 29.1 Å². The Balaban J connectivity index is 1.92. The number of hydrogen-bond donors (Lipinski definition) is 0. The number of halogens is 1. The first-order valence-electron chi connectivity index (χ1n) is 8.02. The topological polar surface area (TPSA) is 39.2 Å². The van der Waals surface area contributed by atoms with E-state index >= 15 is 0 Å². The number of carbonyl (C=O) groups is 1. The summed E-state index contributed by atoms with van der Waals surface area (Å²) >= 11 is 5.37. The van der Waals surface area contributed by atoms with Crippen LogP contribution in [-0.2, 0) is 4.74 Å². The number of ketones is 1. The van der Waals surface area contributed by atoms with Crippen LogP contribution in [0.2, 0.25) is 0 Å². The maximum Gasteiger partial charge on any atom is 0.208 e. The largest absolute Gasteiger partial charge is 0.466 e. The van der Waals surface area contributed by atoms with E-state index in [1.807, 2.05) is 31.2 Å². The molecule has 0 saturated heterocycles. The Hall–Kier alpha value is -2.92. The minimum Gasteiger partial charge on any atom is -0.466 e. The molecular weight excluding hydrogens is 349 g/mol. The number of rotatable bonds is 5. The van der Waals surface area contributed by atoms with Crippen LogP contribution in [0.3, 0.4) is 0 Å². The highest BCUT2D eigenvalue weighted by Crippen LogP contribution is 2.25. The van der Waals surface area contributed by atoms with Crippen molar-refractivity contribution >= 4 is 23.1 Å². The number of benzene rings is 2. The second-order valence-corrected chi connectivity index (χ2v) is 6.17. The summed E-state index contributed by atoms with van der Waals surface area (Å²) in [5.41, 5.74) is 2.78. The van der Waals surface area contributed by atoms with Crippen LogP contribution in [-0.4, -0.2) is 15.8 Å². The molecule has 5 heteroatoms. The number of Topliss-reactive ketones (excluding diaryl/α,β-unsaturated/α-hetero) is 1. The van der Waals surface area contributed by atoms with Crippen LogP contribution in [0, 0.1) is 12.7 Å². The van der Waals surface area contributed by atoms with Crippen molar-refractivity contribution < 1.29 is 13.9 Å². The lowest BCUT2D eigenvalue weighted by Gasteiger charge is -2.19. The van der Waals surface area contributed by atoms with Gasteiger partial charge >= 0.3 is 0 Å². The molecule has 3 rings (SSSR count). The van der Waals surface area contributed by atoms with Crippen molar-refractivity contribution in [3.8, 4) is 0 Å². The molecule has 0 amide bonds. The van der Waals surface area contributed by atoms with Crippen LogP contribution < -0.4 is 0 Å². The summed E-state index contributed by atoms with van der Waals surface area (Å²) < 4.78 is 19.1. The number of thiocarbonyl (C=S) groups is 1. The molecule has 3 nitrogen and oxygen atoms in total. The molecule has 2 aromatic carbocycles. The minimum atomic E-state index is -0.966. The lowest BCUT2D eigenvalue weighted by atomic mass is 10.0. The van der Waals surface area contributed by atoms with Gasteiger partial charge < -0.3 is 4.74 Å². The number of aromatic nitrogens is 1. The van der Waals surface area contributed by atoms with E-state index in [1.54, 1.807) is 12.1 Å².